The molecule has 0 radical (unpaired) electrons. The fraction of sp³-hybridized carbons (Fsp3) is 0.500. The first-order valence-corrected chi connectivity index (χ1v) is 6.34. The molecule has 1 aliphatic heterocycles. The molecule has 1 atom stereocenters. The summed E-state index contributed by atoms with van der Waals surface area (Å²) in [6.07, 6.45) is 2.23. The zero-order valence-electron chi connectivity index (χ0n) is 10.5. The summed E-state index contributed by atoms with van der Waals surface area (Å²) in [6, 6.07) is 3.47. The van der Waals surface area contributed by atoms with Crippen LogP contribution in [0.15, 0.2) is 18.2 Å². The van der Waals surface area contributed by atoms with E-state index in [1.54, 1.807) is 0 Å². The van der Waals surface area contributed by atoms with Crippen LogP contribution in [0.2, 0.25) is 0 Å². The molecule has 4 heteroatoms. The minimum absolute atomic E-state index is 0.0787. The van der Waals surface area contributed by atoms with E-state index in [0.29, 0.717) is 5.92 Å². The van der Waals surface area contributed by atoms with Gasteiger partial charge in [-0.1, -0.05) is 13.3 Å². The van der Waals surface area contributed by atoms with E-state index in [9.17, 15) is 14.3 Å². The van der Waals surface area contributed by atoms with Gasteiger partial charge in [-0.05, 0) is 37.1 Å². The summed E-state index contributed by atoms with van der Waals surface area (Å²) in [6.45, 7) is 4.22. The lowest BCUT2D eigenvalue weighted by Crippen LogP contribution is -2.27. The van der Waals surface area contributed by atoms with Gasteiger partial charge < -0.3 is 5.11 Å². The van der Waals surface area contributed by atoms with E-state index in [4.69, 9.17) is 0 Å². The third-order valence-corrected chi connectivity index (χ3v) is 3.57. The van der Waals surface area contributed by atoms with E-state index in [-0.39, 0.29) is 23.6 Å². The van der Waals surface area contributed by atoms with Crippen molar-refractivity contribution in [2.75, 3.05) is 19.6 Å². The first-order valence-electron chi connectivity index (χ1n) is 6.34. The van der Waals surface area contributed by atoms with E-state index < -0.39 is 5.82 Å². The summed E-state index contributed by atoms with van der Waals surface area (Å²) < 4.78 is 13.1. The fourth-order valence-corrected chi connectivity index (χ4v) is 2.41. The number of hydrogen-bond acceptors (Lipinski definition) is 3. The van der Waals surface area contributed by atoms with Crippen molar-refractivity contribution in [3.8, 4) is 5.75 Å². The molecule has 1 heterocycles. The predicted octanol–water partition coefficient (Wildman–Crippen LogP) is 2.45. The number of rotatable bonds is 4. The van der Waals surface area contributed by atoms with Gasteiger partial charge in [-0.2, -0.15) is 0 Å². The Hall–Kier alpha value is -1.42. The fourth-order valence-electron chi connectivity index (χ4n) is 2.41. The molecule has 0 aromatic heterocycles. The number of halogens is 1. The molecule has 1 unspecified atom stereocenters. The number of nitrogens with zero attached hydrogens (tertiary/aromatic N) is 1. The average Bonchev–Trinajstić information content (AvgIpc) is 2.80. The first-order chi connectivity index (χ1) is 8.60. The first kappa shape index (κ1) is 13.0. The van der Waals surface area contributed by atoms with E-state index >= 15 is 0 Å². The van der Waals surface area contributed by atoms with Crippen LogP contribution in [0.1, 0.15) is 30.1 Å². The minimum Gasteiger partial charge on any atom is -0.507 e. The highest BCUT2D eigenvalue weighted by Crippen LogP contribution is 2.22. The van der Waals surface area contributed by atoms with Gasteiger partial charge in [0.2, 0.25) is 0 Å². The van der Waals surface area contributed by atoms with Crippen molar-refractivity contribution in [3.63, 3.8) is 0 Å². The van der Waals surface area contributed by atoms with Gasteiger partial charge in [0.05, 0.1) is 12.1 Å². The summed E-state index contributed by atoms with van der Waals surface area (Å²) in [5.41, 5.74) is 0.0787. The lowest BCUT2D eigenvalue weighted by Gasteiger charge is -2.15. The Kier molecular flexibility index (Phi) is 3.97. The van der Waals surface area contributed by atoms with Crippen molar-refractivity contribution >= 4 is 5.78 Å². The molecule has 2 rings (SSSR count). The normalized spacial score (nSPS) is 20.2. The van der Waals surface area contributed by atoms with Gasteiger partial charge in [-0.25, -0.2) is 4.39 Å². The van der Waals surface area contributed by atoms with Gasteiger partial charge in [0.1, 0.15) is 11.6 Å². The van der Waals surface area contributed by atoms with Crippen LogP contribution in [0.25, 0.3) is 0 Å². The molecule has 18 heavy (non-hydrogen) atoms. The van der Waals surface area contributed by atoms with E-state index in [1.807, 2.05) is 0 Å². The molecule has 1 aliphatic rings. The smallest absolute Gasteiger partial charge is 0.180 e. The molecular weight excluding hydrogens is 233 g/mol. The van der Waals surface area contributed by atoms with E-state index in [1.165, 1.54) is 6.07 Å². The second-order valence-corrected chi connectivity index (χ2v) is 4.88. The topological polar surface area (TPSA) is 40.5 Å². The number of carbonyl (C=O) groups excluding carboxylic acids is 1. The molecule has 1 N–H and O–H groups in total. The molecule has 0 amide bonds. The van der Waals surface area contributed by atoms with Crippen molar-refractivity contribution in [2.45, 2.75) is 19.8 Å². The minimum atomic E-state index is -0.496. The maximum atomic E-state index is 13.1. The van der Waals surface area contributed by atoms with Gasteiger partial charge in [-0.3, -0.25) is 9.69 Å². The zero-order valence-corrected chi connectivity index (χ0v) is 10.5. The van der Waals surface area contributed by atoms with Crippen molar-refractivity contribution in [3.05, 3.63) is 29.6 Å². The van der Waals surface area contributed by atoms with Crippen LogP contribution in [0.5, 0.6) is 5.75 Å². The second-order valence-electron chi connectivity index (χ2n) is 4.88. The molecule has 0 saturated carbocycles. The largest absolute Gasteiger partial charge is 0.507 e. The van der Waals surface area contributed by atoms with Gasteiger partial charge in [0, 0.05) is 6.54 Å². The van der Waals surface area contributed by atoms with Gasteiger partial charge in [0.25, 0.3) is 0 Å². The van der Waals surface area contributed by atoms with Gasteiger partial charge in [-0.15, -0.1) is 0 Å². The Morgan fingerprint density at radius 1 is 1.56 bits per heavy atom. The number of hydrogen-bond donors (Lipinski definition) is 1. The van der Waals surface area contributed by atoms with Crippen LogP contribution in [-0.2, 0) is 0 Å². The maximum Gasteiger partial charge on any atom is 0.180 e. The van der Waals surface area contributed by atoms with E-state index in [2.05, 4.69) is 11.8 Å². The molecule has 1 saturated heterocycles. The Morgan fingerprint density at radius 3 is 3.00 bits per heavy atom. The summed E-state index contributed by atoms with van der Waals surface area (Å²) in [4.78, 5) is 14.1. The third-order valence-electron chi connectivity index (χ3n) is 3.57. The van der Waals surface area contributed by atoms with Crippen LogP contribution in [0.3, 0.4) is 0 Å². The highest BCUT2D eigenvalue weighted by Gasteiger charge is 2.24. The molecule has 0 bridgehead atoms. The zero-order chi connectivity index (χ0) is 13.1. The van der Waals surface area contributed by atoms with Crippen molar-refractivity contribution in [1.82, 2.24) is 4.90 Å². The Balaban J connectivity index is 2.02. The highest BCUT2D eigenvalue weighted by molar-refractivity contribution is 6.00. The molecule has 1 aromatic rings. The molecular formula is C14H18FNO2. The van der Waals surface area contributed by atoms with Crippen LogP contribution in [0, 0.1) is 11.7 Å². The predicted molar refractivity (Wildman–Crippen MR) is 67.2 cm³/mol. The standard InChI is InChI=1S/C14H18FNO2/c1-2-10-5-6-16(8-10)9-14(18)12-7-11(15)3-4-13(12)17/h3-4,7,10,17H,2,5-6,8-9H2,1H3. The van der Waals surface area contributed by atoms with Crippen molar-refractivity contribution in [1.29, 1.82) is 0 Å². The van der Waals surface area contributed by atoms with Crippen LogP contribution in [0.4, 0.5) is 4.39 Å². The summed E-state index contributed by atoms with van der Waals surface area (Å²) in [5.74, 6) is -0.209. The van der Waals surface area contributed by atoms with Crippen molar-refractivity contribution < 1.29 is 14.3 Å². The van der Waals surface area contributed by atoms with Crippen LogP contribution in [-0.4, -0.2) is 35.4 Å². The second kappa shape index (κ2) is 5.48. The molecule has 3 nitrogen and oxygen atoms in total. The number of ketones is 1. The summed E-state index contributed by atoms with van der Waals surface area (Å²) in [7, 11) is 0. The Bertz CT molecular complexity index is 447. The summed E-state index contributed by atoms with van der Waals surface area (Å²) >= 11 is 0. The number of aromatic hydroxyl groups is 1. The number of phenols is 1. The lowest BCUT2D eigenvalue weighted by molar-refractivity contribution is 0.0940. The molecule has 0 aliphatic carbocycles. The van der Waals surface area contributed by atoms with E-state index in [0.717, 1.165) is 38.1 Å². The Labute approximate surface area is 106 Å². The third kappa shape index (κ3) is 2.88. The molecule has 98 valence electrons. The summed E-state index contributed by atoms with van der Waals surface area (Å²) in [5, 5.41) is 9.57. The van der Waals surface area contributed by atoms with Crippen molar-refractivity contribution in [2.24, 2.45) is 5.92 Å². The monoisotopic (exact) mass is 251 g/mol. The van der Waals surface area contributed by atoms with Crippen LogP contribution < -0.4 is 0 Å². The quantitative estimate of drug-likeness (QED) is 0.836. The SMILES string of the molecule is CCC1CCN(CC(=O)c2cc(F)ccc2O)C1. The number of carbonyl (C=O) groups is 1. The number of benzene rings is 1. The maximum absolute atomic E-state index is 13.1. The molecule has 1 aromatic carbocycles. The lowest BCUT2D eigenvalue weighted by atomic mass is 10.1. The highest BCUT2D eigenvalue weighted by atomic mass is 19.1. The van der Waals surface area contributed by atoms with Crippen LogP contribution >= 0.6 is 0 Å². The number of Topliss-reactive ketones (excluding diaryl/α,β-unsaturated/α-hetero) is 1. The molecule has 1 fully saturated rings. The van der Waals surface area contributed by atoms with Gasteiger partial charge in [0.15, 0.2) is 5.78 Å². The average molecular weight is 251 g/mol. The molecule has 0 spiro atoms. The number of likely N-dealkylation sites (tertiary alicyclic amines) is 1. The van der Waals surface area contributed by atoms with Gasteiger partial charge >= 0.3 is 0 Å². The Morgan fingerprint density at radius 2 is 2.33 bits per heavy atom. The number of phenolic OH excluding ortho intramolecular Hbond substituents is 1.